The molecule has 3 aromatic rings. The van der Waals surface area contributed by atoms with Gasteiger partial charge in [-0.1, -0.05) is 37.3 Å². The average molecular weight is 444 g/mol. The van der Waals surface area contributed by atoms with E-state index in [1.807, 2.05) is 24.3 Å². The third-order valence-electron chi connectivity index (χ3n) is 4.88. The number of carbonyl (C=O) groups is 1. The second-order valence-electron chi connectivity index (χ2n) is 6.64. The van der Waals surface area contributed by atoms with E-state index in [2.05, 4.69) is 10.3 Å². The van der Waals surface area contributed by atoms with Crippen LogP contribution in [0, 0.1) is 0 Å². The number of hydrogen-bond acceptors (Lipinski definition) is 6. The summed E-state index contributed by atoms with van der Waals surface area (Å²) >= 11 is 1.37. The highest BCUT2D eigenvalue weighted by Crippen LogP contribution is 2.40. The lowest BCUT2D eigenvalue weighted by atomic mass is 10.1. The molecule has 1 amide bonds. The molecular formula is C21H21N3O4S2. The number of thiazole rings is 1. The highest BCUT2D eigenvalue weighted by Gasteiger charge is 2.24. The molecule has 0 bridgehead atoms. The maximum absolute atomic E-state index is 12.6. The summed E-state index contributed by atoms with van der Waals surface area (Å²) < 4.78 is 32.3. The molecule has 4 rings (SSSR count). The van der Waals surface area contributed by atoms with Crippen LogP contribution >= 0.6 is 11.3 Å². The Labute approximate surface area is 179 Å². The van der Waals surface area contributed by atoms with Crippen molar-refractivity contribution in [2.75, 3.05) is 18.4 Å². The lowest BCUT2D eigenvalue weighted by Crippen LogP contribution is -2.30. The molecule has 0 unspecified atom stereocenters. The molecule has 9 heteroatoms. The third-order valence-corrected chi connectivity index (χ3v) is 7.89. The Hall–Kier alpha value is -2.75. The van der Waals surface area contributed by atoms with Crippen LogP contribution in [0.5, 0.6) is 5.75 Å². The van der Waals surface area contributed by atoms with Crippen LogP contribution in [-0.4, -0.2) is 36.7 Å². The summed E-state index contributed by atoms with van der Waals surface area (Å²) in [5.41, 5.74) is 2.08. The molecule has 0 saturated heterocycles. The zero-order valence-electron chi connectivity index (χ0n) is 16.6. The van der Waals surface area contributed by atoms with Gasteiger partial charge < -0.3 is 4.74 Å². The number of rotatable bonds is 6. The highest BCUT2D eigenvalue weighted by atomic mass is 32.2. The van der Waals surface area contributed by atoms with Gasteiger partial charge in [0.2, 0.25) is 10.0 Å². The Bertz CT molecular complexity index is 1180. The molecule has 0 aliphatic carbocycles. The Balaban J connectivity index is 1.53. The maximum atomic E-state index is 12.6. The number of aromatic nitrogens is 1. The standard InChI is InChI=1S/C21H21N3O4S2/c1-3-24(4-2)30(26,27)15-11-9-14(10-12-15)20(25)23-21-22-19-16-7-5-6-8-17(16)28-13-18(19)29-21/h5-12H,3-4,13H2,1-2H3,(H,22,23,25). The van der Waals surface area contributed by atoms with Gasteiger partial charge in [0.15, 0.2) is 5.13 Å². The smallest absolute Gasteiger partial charge is 0.257 e. The molecule has 0 saturated carbocycles. The monoisotopic (exact) mass is 443 g/mol. The van der Waals surface area contributed by atoms with Crippen molar-refractivity contribution in [1.82, 2.24) is 9.29 Å². The van der Waals surface area contributed by atoms with Gasteiger partial charge >= 0.3 is 0 Å². The minimum Gasteiger partial charge on any atom is -0.487 e. The molecule has 156 valence electrons. The second kappa shape index (κ2) is 8.17. The van der Waals surface area contributed by atoms with Crippen molar-refractivity contribution in [3.05, 3.63) is 59.0 Å². The SMILES string of the molecule is CCN(CC)S(=O)(=O)c1ccc(C(=O)Nc2nc3c(s2)COc2ccccc2-3)cc1. The Morgan fingerprint density at radius 1 is 1.13 bits per heavy atom. The molecule has 0 fully saturated rings. The number of fused-ring (bicyclic) bond motifs is 3. The number of carbonyl (C=O) groups excluding carboxylic acids is 1. The van der Waals surface area contributed by atoms with Gasteiger partial charge in [-0.25, -0.2) is 13.4 Å². The van der Waals surface area contributed by atoms with Crippen LogP contribution in [-0.2, 0) is 16.6 Å². The summed E-state index contributed by atoms with van der Waals surface area (Å²) in [6.07, 6.45) is 0. The van der Waals surface area contributed by atoms with Crippen molar-refractivity contribution in [2.24, 2.45) is 0 Å². The number of para-hydroxylation sites is 1. The first-order valence-electron chi connectivity index (χ1n) is 9.57. The summed E-state index contributed by atoms with van der Waals surface area (Å²) in [5, 5.41) is 3.28. The molecular weight excluding hydrogens is 422 g/mol. The van der Waals surface area contributed by atoms with Crippen LogP contribution in [0.4, 0.5) is 5.13 Å². The van der Waals surface area contributed by atoms with E-state index in [0.717, 1.165) is 21.9 Å². The maximum Gasteiger partial charge on any atom is 0.257 e. The van der Waals surface area contributed by atoms with Gasteiger partial charge in [0.25, 0.3) is 5.91 Å². The number of ether oxygens (including phenoxy) is 1. The third kappa shape index (κ3) is 3.71. The first-order valence-corrected chi connectivity index (χ1v) is 11.8. The number of amides is 1. The van der Waals surface area contributed by atoms with E-state index < -0.39 is 10.0 Å². The fraction of sp³-hybridized carbons (Fsp3) is 0.238. The average Bonchev–Trinajstić information content (AvgIpc) is 3.17. The fourth-order valence-corrected chi connectivity index (χ4v) is 5.65. The molecule has 1 N–H and O–H groups in total. The molecule has 7 nitrogen and oxygen atoms in total. The molecule has 2 aromatic carbocycles. The molecule has 2 heterocycles. The normalized spacial score (nSPS) is 12.8. The van der Waals surface area contributed by atoms with E-state index in [1.165, 1.54) is 39.9 Å². The molecule has 0 spiro atoms. The van der Waals surface area contributed by atoms with Crippen molar-refractivity contribution in [2.45, 2.75) is 25.3 Å². The lowest BCUT2D eigenvalue weighted by molar-refractivity contribution is 0.102. The summed E-state index contributed by atoms with van der Waals surface area (Å²) in [6, 6.07) is 13.6. The Kier molecular flexibility index (Phi) is 5.59. The van der Waals surface area contributed by atoms with Gasteiger partial charge in [0.05, 0.1) is 15.5 Å². The summed E-state index contributed by atoms with van der Waals surface area (Å²) in [6.45, 7) is 4.78. The Morgan fingerprint density at radius 3 is 2.53 bits per heavy atom. The second-order valence-corrected chi connectivity index (χ2v) is 9.67. The number of nitrogens with one attached hydrogen (secondary N) is 1. The summed E-state index contributed by atoms with van der Waals surface area (Å²) in [7, 11) is -3.56. The molecule has 1 aliphatic heterocycles. The van der Waals surface area contributed by atoms with E-state index >= 15 is 0 Å². The lowest BCUT2D eigenvalue weighted by Gasteiger charge is -2.18. The predicted octanol–water partition coefficient (Wildman–Crippen LogP) is 3.99. The molecule has 1 aromatic heterocycles. The van der Waals surface area contributed by atoms with E-state index in [1.54, 1.807) is 13.8 Å². The van der Waals surface area contributed by atoms with Crippen LogP contribution in [0.25, 0.3) is 11.3 Å². The number of hydrogen-bond donors (Lipinski definition) is 1. The summed E-state index contributed by atoms with van der Waals surface area (Å²) in [4.78, 5) is 18.3. The molecule has 0 radical (unpaired) electrons. The number of nitrogens with zero attached hydrogens (tertiary/aromatic N) is 2. The van der Waals surface area contributed by atoms with Crippen molar-refractivity contribution in [3.8, 4) is 17.0 Å². The minimum absolute atomic E-state index is 0.168. The van der Waals surface area contributed by atoms with Gasteiger partial charge in [0, 0.05) is 24.2 Å². The number of sulfonamides is 1. The quantitative estimate of drug-likeness (QED) is 0.622. The molecule has 1 aliphatic rings. The summed E-state index contributed by atoms with van der Waals surface area (Å²) in [5.74, 6) is 0.431. The van der Waals surface area contributed by atoms with Gasteiger partial charge in [0.1, 0.15) is 12.4 Å². The van der Waals surface area contributed by atoms with Gasteiger partial charge in [-0.3, -0.25) is 10.1 Å². The fourth-order valence-electron chi connectivity index (χ4n) is 3.31. The van der Waals surface area contributed by atoms with E-state index in [0.29, 0.717) is 30.4 Å². The first kappa shape index (κ1) is 20.5. The minimum atomic E-state index is -3.56. The van der Waals surface area contributed by atoms with Crippen LogP contribution < -0.4 is 10.1 Å². The van der Waals surface area contributed by atoms with Crippen LogP contribution in [0.3, 0.4) is 0 Å². The largest absolute Gasteiger partial charge is 0.487 e. The zero-order valence-corrected chi connectivity index (χ0v) is 18.2. The highest BCUT2D eigenvalue weighted by molar-refractivity contribution is 7.89. The predicted molar refractivity (Wildman–Crippen MR) is 116 cm³/mol. The Morgan fingerprint density at radius 2 is 1.83 bits per heavy atom. The first-order chi connectivity index (χ1) is 14.4. The van der Waals surface area contributed by atoms with Crippen LogP contribution in [0.2, 0.25) is 0 Å². The number of anilines is 1. The van der Waals surface area contributed by atoms with E-state index in [-0.39, 0.29) is 10.8 Å². The van der Waals surface area contributed by atoms with Gasteiger partial charge in [-0.05, 0) is 36.4 Å². The topological polar surface area (TPSA) is 88.6 Å². The van der Waals surface area contributed by atoms with Crippen molar-refractivity contribution < 1.29 is 17.9 Å². The van der Waals surface area contributed by atoms with Crippen molar-refractivity contribution in [1.29, 1.82) is 0 Å². The number of benzene rings is 2. The van der Waals surface area contributed by atoms with Crippen LogP contribution in [0.15, 0.2) is 53.4 Å². The van der Waals surface area contributed by atoms with Crippen molar-refractivity contribution in [3.63, 3.8) is 0 Å². The molecule has 0 atom stereocenters. The molecule has 30 heavy (non-hydrogen) atoms. The van der Waals surface area contributed by atoms with Gasteiger partial charge in [-0.2, -0.15) is 4.31 Å². The van der Waals surface area contributed by atoms with Gasteiger partial charge in [-0.15, -0.1) is 0 Å². The van der Waals surface area contributed by atoms with E-state index in [4.69, 9.17) is 4.74 Å². The van der Waals surface area contributed by atoms with E-state index in [9.17, 15) is 13.2 Å². The van der Waals surface area contributed by atoms with Crippen LogP contribution in [0.1, 0.15) is 29.1 Å². The zero-order chi connectivity index (χ0) is 21.3. The van der Waals surface area contributed by atoms with Crippen molar-refractivity contribution >= 4 is 32.4 Å².